The maximum absolute atomic E-state index is 13.1. The number of carboxylic acid groups (broad SMARTS) is 1. The van der Waals surface area contributed by atoms with Crippen molar-refractivity contribution in [3.63, 3.8) is 0 Å². The lowest BCUT2D eigenvalue weighted by Gasteiger charge is -2.31. The Morgan fingerprint density at radius 2 is 1.72 bits per heavy atom. The maximum atomic E-state index is 13.1. The molecule has 154 valence electrons. The highest BCUT2D eigenvalue weighted by molar-refractivity contribution is 5.99. The zero-order valence-corrected chi connectivity index (χ0v) is 16.8. The lowest BCUT2D eigenvalue weighted by Crippen LogP contribution is -2.50. The first-order valence-corrected chi connectivity index (χ1v) is 9.39. The van der Waals surface area contributed by atoms with Gasteiger partial charge in [0.25, 0.3) is 5.91 Å². The van der Waals surface area contributed by atoms with E-state index in [2.05, 4.69) is 0 Å². The molecule has 1 unspecified atom stereocenters. The summed E-state index contributed by atoms with van der Waals surface area (Å²) in [7, 11) is 2.96. The molecule has 2 aromatic carbocycles. The SMILES string of the molecule is COc1cc(C(=O)N2CCCC2(C)C(=O)O)cc(OC)c1OCc1ccccc1. The Morgan fingerprint density at radius 3 is 2.28 bits per heavy atom. The average Bonchev–Trinajstić information content (AvgIpc) is 3.14. The highest BCUT2D eigenvalue weighted by Crippen LogP contribution is 2.40. The molecule has 1 N–H and O–H groups in total. The number of hydrogen-bond donors (Lipinski definition) is 1. The largest absolute Gasteiger partial charge is 0.493 e. The quantitative estimate of drug-likeness (QED) is 0.768. The van der Waals surface area contributed by atoms with Crippen molar-refractivity contribution in [2.45, 2.75) is 31.9 Å². The minimum atomic E-state index is -1.22. The van der Waals surface area contributed by atoms with E-state index in [-0.39, 0.29) is 5.91 Å². The highest BCUT2D eigenvalue weighted by Gasteiger charge is 2.46. The van der Waals surface area contributed by atoms with Crippen LogP contribution in [0.5, 0.6) is 17.2 Å². The third-order valence-corrected chi connectivity index (χ3v) is 5.28. The summed E-state index contributed by atoms with van der Waals surface area (Å²) in [6, 6.07) is 12.8. The number of benzene rings is 2. The Kier molecular flexibility index (Phi) is 5.96. The summed E-state index contributed by atoms with van der Waals surface area (Å²) in [4.78, 5) is 26.2. The van der Waals surface area contributed by atoms with Crippen molar-refractivity contribution < 1.29 is 28.9 Å². The molecular formula is C22H25NO6. The van der Waals surface area contributed by atoms with Crippen molar-refractivity contribution in [3.8, 4) is 17.2 Å². The van der Waals surface area contributed by atoms with Crippen LogP contribution in [-0.4, -0.2) is 48.2 Å². The van der Waals surface area contributed by atoms with E-state index < -0.39 is 11.5 Å². The molecule has 1 fully saturated rings. The van der Waals surface area contributed by atoms with Gasteiger partial charge in [-0.1, -0.05) is 30.3 Å². The Balaban J connectivity index is 1.91. The second kappa shape index (κ2) is 8.43. The van der Waals surface area contributed by atoms with Crippen LogP contribution >= 0.6 is 0 Å². The van der Waals surface area contributed by atoms with Gasteiger partial charge in [-0.3, -0.25) is 4.79 Å². The zero-order valence-electron chi connectivity index (χ0n) is 16.8. The summed E-state index contributed by atoms with van der Waals surface area (Å²) in [5.41, 5.74) is 0.0474. The third kappa shape index (κ3) is 3.99. The van der Waals surface area contributed by atoms with Crippen molar-refractivity contribution >= 4 is 11.9 Å². The molecule has 7 heteroatoms. The molecule has 0 aliphatic carbocycles. The van der Waals surface area contributed by atoms with Crippen molar-refractivity contribution in [3.05, 3.63) is 53.6 Å². The van der Waals surface area contributed by atoms with Crippen LogP contribution in [0.2, 0.25) is 0 Å². The van der Waals surface area contributed by atoms with Crippen LogP contribution in [0.1, 0.15) is 35.7 Å². The van der Waals surface area contributed by atoms with E-state index in [0.717, 1.165) is 5.56 Å². The van der Waals surface area contributed by atoms with Gasteiger partial charge in [0, 0.05) is 12.1 Å². The second-order valence-corrected chi connectivity index (χ2v) is 7.12. The van der Waals surface area contributed by atoms with E-state index in [1.165, 1.54) is 19.1 Å². The number of ether oxygens (including phenoxy) is 3. The van der Waals surface area contributed by atoms with Crippen LogP contribution < -0.4 is 14.2 Å². The van der Waals surface area contributed by atoms with Gasteiger partial charge in [0.15, 0.2) is 11.5 Å². The number of aliphatic carboxylic acids is 1. The molecule has 7 nitrogen and oxygen atoms in total. The van der Waals surface area contributed by atoms with Gasteiger partial charge in [0.2, 0.25) is 5.75 Å². The molecule has 0 spiro atoms. The third-order valence-electron chi connectivity index (χ3n) is 5.28. The normalized spacial score (nSPS) is 18.4. The summed E-state index contributed by atoms with van der Waals surface area (Å²) in [6.45, 7) is 2.27. The Hall–Kier alpha value is -3.22. The number of carboxylic acids is 1. The predicted molar refractivity (Wildman–Crippen MR) is 107 cm³/mol. The van der Waals surface area contributed by atoms with Gasteiger partial charge in [-0.25, -0.2) is 4.79 Å². The molecule has 3 rings (SSSR count). The number of methoxy groups -OCH3 is 2. The van der Waals surface area contributed by atoms with E-state index in [0.29, 0.717) is 48.8 Å². The fourth-order valence-electron chi connectivity index (χ4n) is 3.54. The van der Waals surface area contributed by atoms with E-state index >= 15 is 0 Å². The molecule has 0 aromatic heterocycles. The van der Waals surface area contributed by atoms with Gasteiger partial charge in [-0.2, -0.15) is 0 Å². The van der Waals surface area contributed by atoms with E-state index in [1.54, 1.807) is 19.1 Å². The number of carbonyl (C=O) groups is 2. The maximum Gasteiger partial charge on any atom is 0.329 e. The fraction of sp³-hybridized carbons (Fsp3) is 0.364. The molecule has 1 aliphatic heterocycles. The highest BCUT2D eigenvalue weighted by atomic mass is 16.5. The number of nitrogens with zero attached hydrogens (tertiary/aromatic N) is 1. The number of likely N-dealkylation sites (tertiary alicyclic amines) is 1. The molecule has 1 atom stereocenters. The number of carbonyl (C=O) groups excluding carboxylic acids is 1. The molecule has 29 heavy (non-hydrogen) atoms. The molecule has 0 radical (unpaired) electrons. The second-order valence-electron chi connectivity index (χ2n) is 7.12. The van der Waals surface area contributed by atoms with Crippen LogP contribution in [0.15, 0.2) is 42.5 Å². The van der Waals surface area contributed by atoms with Crippen molar-refractivity contribution in [2.75, 3.05) is 20.8 Å². The predicted octanol–water partition coefficient (Wildman–Crippen LogP) is 3.36. The van der Waals surface area contributed by atoms with Gasteiger partial charge in [-0.05, 0) is 37.5 Å². The van der Waals surface area contributed by atoms with Crippen LogP contribution in [0.3, 0.4) is 0 Å². The summed E-state index contributed by atoms with van der Waals surface area (Å²) in [5.74, 6) is -0.304. The van der Waals surface area contributed by atoms with Gasteiger partial charge < -0.3 is 24.2 Å². The van der Waals surface area contributed by atoms with Crippen LogP contribution in [0, 0.1) is 0 Å². The van der Waals surface area contributed by atoms with Crippen LogP contribution in [0.4, 0.5) is 0 Å². The monoisotopic (exact) mass is 399 g/mol. The molecular weight excluding hydrogens is 374 g/mol. The molecule has 1 saturated heterocycles. The molecule has 1 aliphatic rings. The first-order valence-electron chi connectivity index (χ1n) is 9.39. The lowest BCUT2D eigenvalue weighted by atomic mass is 9.98. The molecule has 0 saturated carbocycles. The van der Waals surface area contributed by atoms with Gasteiger partial charge in [0.1, 0.15) is 12.1 Å². The summed E-state index contributed by atoms with van der Waals surface area (Å²) >= 11 is 0. The first kappa shape index (κ1) is 20.5. The smallest absolute Gasteiger partial charge is 0.329 e. The van der Waals surface area contributed by atoms with Gasteiger partial charge >= 0.3 is 5.97 Å². The van der Waals surface area contributed by atoms with Crippen molar-refractivity contribution in [2.24, 2.45) is 0 Å². The topological polar surface area (TPSA) is 85.3 Å². The molecule has 0 bridgehead atoms. The number of rotatable bonds is 7. The standard InChI is InChI=1S/C22H25NO6/c1-22(21(25)26)10-7-11-23(22)20(24)16-12-17(27-2)19(18(13-16)28-3)29-14-15-8-5-4-6-9-15/h4-6,8-9,12-13H,7,10-11,14H2,1-3H3,(H,25,26). The Labute approximate surface area is 169 Å². The Morgan fingerprint density at radius 1 is 1.10 bits per heavy atom. The first-order chi connectivity index (χ1) is 13.9. The fourth-order valence-corrected chi connectivity index (χ4v) is 3.54. The lowest BCUT2D eigenvalue weighted by molar-refractivity contribution is -0.147. The Bertz CT molecular complexity index is 872. The van der Waals surface area contributed by atoms with Crippen LogP contribution in [-0.2, 0) is 11.4 Å². The minimum Gasteiger partial charge on any atom is -0.493 e. The van der Waals surface area contributed by atoms with E-state index in [4.69, 9.17) is 14.2 Å². The molecule has 1 heterocycles. The van der Waals surface area contributed by atoms with Crippen molar-refractivity contribution in [1.29, 1.82) is 0 Å². The number of hydrogen-bond acceptors (Lipinski definition) is 5. The summed E-state index contributed by atoms with van der Waals surface area (Å²) < 4.78 is 16.8. The van der Waals surface area contributed by atoms with Gasteiger partial charge in [0.05, 0.1) is 14.2 Å². The number of amides is 1. The van der Waals surface area contributed by atoms with E-state index in [1.807, 2.05) is 30.3 Å². The zero-order chi connectivity index (χ0) is 21.0. The summed E-state index contributed by atoms with van der Waals surface area (Å²) in [5, 5.41) is 9.60. The van der Waals surface area contributed by atoms with Gasteiger partial charge in [-0.15, -0.1) is 0 Å². The minimum absolute atomic E-state index is 0.292. The van der Waals surface area contributed by atoms with Crippen LogP contribution in [0.25, 0.3) is 0 Å². The summed E-state index contributed by atoms with van der Waals surface area (Å²) in [6.07, 6.45) is 1.06. The molecule has 1 amide bonds. The van der Waals surface area contributed by atoms with E-state index in [9.17, 15) is 14.7 Å². The molecule has 2 aromatic rings. The average molecular weight is 399 g/mol. The van der Waals surface area contributed by atoms with Crippen molar-refractivity contribution in [1.82, 2.24) is 4.90 Å².